The van der Waals surface area contributed by atoms with Crippen LogP contribution in [0.1, 0.15) is 44.5 Å². The Hall–Kier alpha value is -1.95. The van der Waals surface area contributed by atoms with Gasteiger partial charge in [0, 0.05) is 21.7 Å². The summed E-state index contributed by atoms with van der Waals surface area (Å²) in [5.41, 5.74) is 7.32. The second-order valence-corrected chi connectivity index (χ2v) is 6.44. The molecule has 0 spiro atoms. The monoisotopic (exact) mass is 307 g/mol. The predicted octanol–water partition coefficient (Wildman–Crippen LogP) is 3.48. The van der Waals surface area contributed by atoms with E-state index < -0.39 is 11.7 Å². The average Bonchev–Trinajstić information content (AvgIpc) is 2.73. The van der Waals surface area contributed by atoms with Crippen molar-refractivity contribution in [2.24, 2.45) is 5.73 Å². The topological polar surface area (TPSA) is 68.0 Å². The predicted molar refractivity (Wildman–Crippen MR) is 83.3 cm³/mol. The van der Waals surface area contributed by atoms with Gasteiger partial charge in [-0.25, -0.2) is 9.37 Å². The van der Waals surface area contributed by atoms with Crippen molar-refractivity contribution in [1.82, 2.24) is 4.98 Å². The van der Waals surface area contributed by atoms with Crippen LogP contribution in [-0.2, 0) is 0 Å². The number of primary amides is 1. The third kappa shape index (κ3) is 3.21. The van der Waals surface area contributed by atoms with E-state index in [1.54, 1.807) is 24.3 Å². The van der Waals surface area contributed by atoms with Crippen molar-refractivity contribution < 1.29 is 9.18 Å². The molecule has 1 aromatic heterocycles. The molecule has 2 aromatic rings. The highest BCUT2D eigenvalue weighted by molar-refractivity contribution is 7.11. The smallest absolute Gasteiger partial charge is 0.248 e. The molecule has 21 heavy (non-hydrogen) atoms. The van der Waals surface area contributed by atoms with E-state index in [9.17, 15) is 9.18 Å². The molecule has 0 aliphatic heterocycles. The molecule has 3 N–H and O–H groups in total. The van der Waals surface area contributed by atoms with Crippen molar-refractivity contribution in [1.29, 1.82) is 0 Å². The summed E-state index contributed by atoms with van der Waals surface area (Å²) in [6.45, 7) is 7.57. The van der Waals surface area contributed by atoms with Gasteiger partial charge in [-0.1, -0.05) is 0 Å². The molecule has 1 unspecified atom stereocenters. The van der Waals surface area contributed by atoms with Gasteiger partial charge < -0.3 is 11.1 Å². The molecule has 0 aliphatic rings. The maximum absolute atomic E-state index is 13.9. The molecule has 1 atom stereocenters. The van der Waals surface area contributed by atoms with Gasteiger partial charge in [0.25, 0.3) is 0 Å². The number of rotatable bonds is 4. The molecule has 4 nitrogen and oxygen atoms in total. The average molecular weight is 307 g/mol. The number of amides is 1. The molecule has 0 fully saturated rings. The number of nitrogens with zero attached hydrogens (tertiary/aromatic N) is 1. The number of thiazole rings is 1. The summed E-state index contributed by atoms with van der Waals surface area (Å²) in [5, 5.41) is 4.20. The summed E-state index contributed by atoms with van der Waals surface area (Å²) >= 11 is 1.62. The third-order valence-corrected chi connectivity index (χ3v) is 4.25. The van der Waals surface area contributed by atoms with Crippen LogP contribution in [0.2, 0.25) is 0 Å². The maximum atomic E-state index is 13.9. The molecule has 0 saturated carbocycles. The van der Waals surface area contributed by atoms with Gasteiger partial charge >= 0.3 is 0 Å². The van der Waals surface area contributed by atoms with Crippen molar-refractivity contribution in [2.75, 3.05) is 5.32 Å². The van der Waals surface area contributed by atoms with Crippen LogP contribution >= 0.6 is 11.3 Å². The van der Waals surface area contributed by atoms with Crippen LogP contribution in [0.3, 0.4) is 0 Å². The highest BCUT2D eigenvalue weighted by Gasteiger charge is 2.16. The second kappa shape index (κ2) is 5.81. The standard InChI is InChI=1S/C15H18FN3OS/c1-7-12(16)5-11(15(17)20)6-13(7)18-8(2)14-9(3)21-10(4)19-14/h5-6,8,18H,1-4H3,(H2,17,20). The first kappa shape index (κ1) is 15.4. The second-order valence-electron chi connectivity index (χ2n) is 5.04. The van der Waals surface area contributed by atoms with Crippen LogP contribution in [0.5, 0.6) is 0 Å². The number of halogens is 1. The van der Waals surface area contributed by atoms with Crippen molar-refractivity contribution >= 4 is 22.9 Å². The van der Waals surface area contributed by atoms with E-state index in [2.05, 4.69) is 10.3 Å². The fraction of sp³-hybridized carbons (Fsp3) is 0.333. The fourth-order valence-corrected chi connectivity index (χ4v) is 3.13. The van der Waals surface area contributed by atoms with Crippen LogP contribution in [0.4, 0.5) is 10.1 Å². The minimum atomic E-state index is -0.648. The van der Waals surface area contributed by atoms with Gasteiger partial charge in [0.2, 0.25) is 5.91 Å². The van der Waals surface area contributed by atoms with Crippen LogP contribution in [0.25, 0.3) is 0 Å². The number of aryl methyl sites for hydroxylation is 2. The van der Waals surface area contributed by atoms with E-state index in [0.717, 1.165) is 21.6 Å². The molecule has 112 valence electrons. The zero-order valence-corrected chi connectivity index (χ0v) is 13.3. The lowest BCUT2D eigenvalue weighted by molar-refractivity contribution is 0.1000. The first-order valence-corrected chi connectivity index (χ1v) is 7.41. The van der Waals surface area contributed by atoms with E-state index in [-0.39, 0.29) is 11.6 Å². The van der Waals surface area contributed by atoms with E-state index >= 15 is 0 Å². The summed E-state index contributed by atoms with van der Waals surface area (Å²) < 4.78 is 13.9. The molecule has 1 aromatic carbocycles. The van der Waals surface area contributed by atoms with Gasteiger partial charge in [-0.05, 0) is 39.8 Å². The van der Waals surface area contributed by atoms with Crippen molar-refractivity contribution in [3.05, 3.63) is 44.7 Å². The molecule has 0 saturated heterocycles. The number of anilines is 1. The largest absolute Gasteiger partial charge is 0.377 e. The first-order valence-electron chi connectivity index (χ1n) is 6.60. The Morgan fingerprint density at radius 3 is 2.57 bits per heavy atom. The van der Waals surface area contributed by atoms with E-state index in [1.165, 1.54) is 0 Å². The highest BCUT2D eigenvalue weighted by atomic mass is 32.1. The minimum Gasteiger partial charge on any atom is -0.377 e. The van der Waals surface area contributed by atoms with Crippen molar-refractivity contribution in [3.63, 3.8) is 0 Å². The quantitative estimate of drug-likeness (QED) is 0.908. The van der Waals surface area contributed by atoms with Crippen molar-refractivity contribution in [3.8, 4) is 0 Å². The van der Waals surface area contributed by atoms with E-state index in [4.69, 9.17) is 5.73 Å². The zero-order valence-electron chi connectivity index (χ0n) is 12.5. The van der Waals surface area contributed by atoms with E-state index in [1.807, 2.05) is 20.8 Å². The summed E-state index contributed by atoms with van der Waals surface area (Å²) in [4.78, 5) is 16.9. The number of nitrogens with one attached hydrogen (secondary N) is 1. The molecular weight excluding hydrogens is 289 g/mol. The number of nitrogens with two attached hydrogens (primary N) is 1. The SMILES string of the molecule is Cc1nc(C(C)Nc2cc(C(N)=O)cc(F)c2C)c(C)s1. The molecule has 0 aliphatic carbocycles. The lowest BCUT2D eigenvalue weighted by atomic mass is 10.1. The summed E-state index contributed by atoms with van der Waals surface area (Å²) in [6.07, 6.45) is 0. The summed E-state index contributed by atoms with van der Waals surface area (Å²) in [5.74, 6) is -1.10. The number of carbonyl (C=O) groups is 1. The number of carbonyl (C=O) groups excluding carboxylic acids is 1. The van der Waals surface area contributed by atoms with Crippen molar-refractivity contribution in [2.45, 2.75) is 33.7 Å². The highest BCUT2D eigenvalue weighted by Crippen LogP contribution is 2.28. The van der Waals surface area contributed by atoms with Gasteiger partial charge in [0.1, 0.15) is 5.82 Å². The molecule has 0 bridgehead atoms. The Bertz CT molecular complexity index is 696. The fourth-order valence-electron chi connectivity index (χ4n) is 2.22. The van der Waals surface area contributed by atoms with Crippen LogP contribution in [0.15, 0.2) is 12.1 Å². The first-order chi connectivity index (χ1) is 9.79. The lowest BCUT2D eigenvalue weighted by Crippen LogP contribution is -2.14. The molecular formula is C15H18FN3OS. The Morgan fingerprint density at radius 1 is 1.38 bits per heavy atom. The zero-order chi connectivity index (χ0) is 15.7. The third-order valence-electron chi connectivity index (χ3n) is 3.35. The Labute approximate surface area is 127 Å². The molecule has 2 rings (SSSR count). The van der Waals surface area contributed by atoms with Gasteiger partial charge in [-0.3, -0.25) is 4.79 Å². The number of hydrogen-bond acceptors (Lipinski definition) is 4. The van der Waals surface area contributed by atoms with Crippen LogP contribution < -0.4 is 11.1 Å². The lowest BCUT2D eigenvalue weighted by Gasteiger charge is -2.17. The maximum Gasteiger partial charge on any atom is 0.248 e. The number of benzene rings is 1. The summed E-state index contributed by atoms with van der Waals surface area (Å²) in [6, 6.07) is 2.65. The summed E-state index contributed by atoms with van der Waals surface area (Å²) in [7, 11) is 0. The normalized spacial score (nSPS) is 12.2. The molecule has 0 radical (unpaired) electrons. The van der Waals surface area contributed by atoms with Crippen LogP contribution in [-0.4, -0.2) is 10.9 Å². The Kier molecular flexibility index (Phi) is 4.27. The molecule has 6 heteroatoms. The molecule has 1 amide bonds. The molecule has 1 heterocycles. The van der Waals surface area contributed by atoms with Gasteiger partial charge in [-0.15, -0.1) is 11.3 Å². The van der Waals surface area contributed by atoms with Gasteiger partial charge in [0.05, 0.1) is 16.7 Å². The van der Waals surface area contributed by atoms with Gasteiger partial charge in [0.15, 0.2) is 0 Å². The number of hydrogen-bond donors (Lipinski definition) is 2. The Balaban J connectivity index is 2.34. The van der Waals surface area contributed by atoms with Crippen LogP contribution in [0, 0.1) is 26.6 Å². The van der Waals surface area contributed by atoms with E-state index in [0.29, 0.717) is 11.3 Å². The minimum absolute atomic E-state index is 0.0869. The Morgan fingerprint density at radius 2 is 2.05 bits per heavy atom. The van der Waals surface area contributed by atoms with Gasteiger partial charge in [-0.2, -0.15) is 0 Å². The number of aromatic nitrogens is 1.